The lowest BCUT2D eigenvalue weighted by Crippen LogP contribution is -2.67. The number of carbonyl (C=O) groups is 2. The molecular formula is C63H100O8. The SMILES string of the molecule is CC1(C)CC[C@]2(C(=O)OCCCOC(=O)[C@]34CCC(C)(C)C[C@H]3C3=CC[C@@H]5[C@@]6(C)CC[C@H](O)C(C)(C)C6CC[C@@]5(C)[C@]3(C)C[C@H]4O)[C@H](O)C[C@]3(C)C(=CC[C@@H]4[C@@]5(C)CC[C@H](O)C(C)(C)C5CC[C@]43C)[C@@H]2C1. The van der Waals surface area contributed by atoms with E-state index >= 15 is 0 Å². The van der Waals surface area contributed by atoms with E-state index in [1.807, 2.05) is 0 Å². The van der Waals surface area contributed by atoms with Gasteiger partial charge in [0.2, 0.25) is 0 Å². The maximum absolute atomic E-state index is 14.9. The summed E-state index contributed by atoms with van der Waals surface area (Å²) in [5, 5.41) is 47.9. The number of aliphatic hydroxyl groups is 4. The van der Waals surface area contributed by atoms with Crippen molar-refractivity contribution in [1.29, 1.82) is 0 Å². The highest BCUT2D eigenvalue weighted by Crippen LogP contribution is 2.78. The Balaban J connectivity index is 0.853. The number of aliphatic hydroxyl groups excluding tert-OH is 4. The molecule has 10 aliphatic carbocycles. The van der Waals surface area contributed by atoms with Crippen molar-refractivity contribution in [3.63, 3.8) is 0 Å². The number of ether oxygens (including phenoxy) is 2. The Morgan fingerprint density at radius 2 is 0.831 bits per heavy atom. The molecule has 10 aliphatic rings. The smallest absolute Gasteiger partial charge is 0.315 e. The summed E-state index contributed by atoms with van der Waals surface area (Å²) in [6, 6.07) is 0. The lowest BCUT2D eigenvalue weighted by atomic mass is 9.33. The summed E-state index contributed by atoms with van der Waals surface area (Å²) in [6.07, 6.45) is 18.7. The first-order chi connectivity index (χ1) is 32.8. The molecule has 8 heteroatoms. The van der Waals surface area contributed by atoms with Crippen LogP contribution in [0.4, 0.5) is 0 Å². The maximum Gasteiger partial charge on any atom is 0.315 e. The average Bonchev–Trinajstić information content (AvgIpc) is 3.26. The fraction of sp³-hybridized carbons (Fsp3) is 0.905. The lowest BCUT2D eigenvalue weighted by Gasteiger charge is -2.71. The Kier molecular flexibility index (Phi) is 12.2. The monoisotopic (exact) mass is 985 g/mol. The van der Waals surface area contributed by atoms with Gasteiger partial charge in [0.15, 0.2) is 0 Å². The van der Waals surface area contributed by atoms with E-state index in [-0.39, 0.29) is 103 Å². The van der Waals surface area contributed by atoms with Gasteiger partial charge in [0, 0.05) is 6.42 Å². The van der Waals surface area contributed by atoms with Gasteiger partial charge < -0.3 is 29.9 Å². The Morgan fingerprint density at radius 1 is 0.465 bits per heavy atom. The molecule has 10 rings (SSSR count). The van der Waals surface area contributed by atoms with Crippen LogP contribution < -0.4 is 0 Å². The summed E-state index contributed by atoms with van der Waals surface area (Å²) in [6.45, 7) is 33.5. The second-order valence-electron chi connectivity index (χ2n) is 31.3. The van der Waals surface area contributed by atoms with Gasteiger partial charge in [-0.1, -0.05) is 120 Å². The van der Waals surface area contributed by atoms with Crippen LogP contribution >= 0.6 is 0 Å². The summed E-state index contributed by atoms with van der Waals surface area (Å²) in [5.41, 5.74) is -0.00843. The third kappa shape index (κ3) is 6.91. The van der Waals surface area contributed by atoms with Gasteiger partial charge in [-0.05, 0) is 205 Å². The number of esters is 2. The van der Waals surface area contributed by atoms with Gasteiger partial charge in [0.25, 0.3) is 0 Å². The topological polar surface area (TPSA) is 134 Å². The van der Waals surface area contributed by atoms with Crippen molar-refractivity contribution >= 4 is 11.9 Å². The first-order valence-electron chi connectivity index (χ1n) is 29.3. The Hall–Kier alpha value is -1.74. The summed E-state index contributed by atoms with van der Waals surface area (Å²) < 4.78 is 12.6. The van der Waals surface area contributed by atoms with Crippen LogP contribution in [0.15, 0.2) is 23.3 Å². The van der Waals surface area contributed by atoms with Gasteiger partial charge in [-0.25, -0.2) is 0 Å². The molecule has 0 heterocycles. The summed E-state index contributed by atoms with van der Waals surface area (Å²) in [4.78, 5) is 29.9. The quantitative estimate of drug-likeness (QED) is 0.117. The zero-order chi connectivity index (χ0) is 51.8. The summed E-state index contributed by atoms with van der Waals surface area (Å²) >= 11 is 0. The predicted octanol–water partition coefficient (Wildman–Crippen LogP) is 12.7. The molecule has 0 spiro atoms. The number of carbonyl (C=O) groups excluding carboxylic acids is 2. The Morgan fingerprint density at radius 3 is 1.20 bits per heavy atom. The van der Waals surface area contributed by atoms with E-state index in [0.717, 1.165) is 89.9 Å². The normalized spacial score (nSPS) is 51.9. The number of hydrogen-bond acceptors (Lipinski definition) is 8. The second kappa shape index (κ2) is 16.4. The van der Waals surface area contributed by atoms with E-state index in [0.29, 0.717) is 55.8 Å². The minimum Gasteiger partial charge on any atom is -0.465 e. The van der Waals surface area contributed by atoms with Gasteiger partial charge in [0.05, 0.1) is 37.6 Å². The minimum absolute atomic E-state index is 0.0148. The van der Waals surface area contributed by atoms with E-state index in [2.05, 4.69) is 109 Å². The van der Waals surface area contributed by atoms with Gasteiger partial charge in [0.1, 0.15) is 10.8 Å². The fourth-order valence-corrected chi connectivity index (χ4v) is 22.1. The van der Waals surface area contributed by atoms with Crippen molar-refractivity contribution in [3.05, 3.63) is 23.3 Å². The van der Waals surface area contributed by atoms with E-state index in [1.165, 1.54) is 11.1 Å². The zero-order valence-electron chi connectivity index (χ0n) is 47.2. The molecule has 0 aromatic heterocycles. The fourth-order valence-electron chi connectivity index (χ4n) is 22.1. The standard InChI is InChI=1S/C63H100O8/c1-52(2)28-30-62(40(34-52)38-16-18-44-56(9)24-22-46(64)54(5,6)42(56)20-26-58(44,11)60(38,13)36-48(62)66)50(68)70-32-15-33-71-51(69)63-31-29-53(3,4)35-41(63)39-17-19-45-57(10)25-23-47(65)55(7,8)43(57)21-27-59(45,12)61(39,14)37-49(63)67/h16-17,40-49,64-67H,15,18-37H2,1-14H3/t40-,41-,42?,43?,44+,45+,46-,47-,48+,49+,56-,57-,58+,59+,60+,61+,62+,63+/m0/s1. The molecular weight excluding hydrogens is 885 g/mol. The van der Waals surface area contributed by atoms with Crippen LogP contribution in [0.1, 0.15) is 219 Å². The summed E-state index contributed by atoms with van der Waals surface area (Å²) in [7, 11) is 0. The highest BCUT2D eigenvalue weighted by molar-refractivity contribution is 5.80. The van der Waals surface area contributed by atoms with E-state index in [1.54, 1.807) is 0 Å². The van der Waals surface area contributed by atoms with Gasteiger partial charge in [-0.3, -0.25) is 9.59 Å². The molecule has 18 atom stereocenters. The molecule has 8 fully saturated rings. The van der Waals surface area contributed by atoms with Gasteiger partial charge >= 0.3 is 11.9 Å². The molecule has 0 aromatic rings. The van der Waals surface area contributed by atoms with Crippen LogP contribution in [0.2, 0.25) is 0 Å². The van der Waals surface area contributed by atoms with E-state index < -0.39 is 23.0 Å². The predicted molar refractivity (Wildman–Crippen MR) is 279 cm³/mol. The van der Waals surface area contributed by atoms with Crippen LogP contribution in [-0.2, 0) is 19.1 Å². The van der Waals surface area contributed by atoms with Crippen LogP contribution in [0.3, 0.4) is 0 Å². The second-order valence-corrected chi connectivity index (χ2v) is 31.3. The third-order valence-corrected chi connectivity index (χ3v) is 26.8. The first kappa shape index (κ1) is 52.7. The average molecular weight is 985 g/mol. The van der Waals surface area contributed by atoms with E-state index in [4.69, 9.17) is 9.47 Å². The van der Waals surface area contributed by atoms with Gasteiger partial charge in [-0.2, -0.15) is 0 Å². The van der Waals surface area contributed by atoms with Crippen molar-refractivity contribution in [2.45, 2.75) is 243 Å². The zero-order valence-corrected chi connectivity index (χ0v) is 47.2. The van der Waals surface area contributed by atoms with E-state index in [9.17, 15) is 30.0 Å². The molecule has 0 aliphatic heterocycles. The number of hydrogen-bond donors (Lipinski definition) is 4. The molecule has 0 radical (unpaired) electrons. The van der Waals surface area contributed by atoms with Crippen molar-refractivity contribution in [2.24, 2.45) is 100 Å². The molecule has 0 bridgehead atoms. The van der Waals surface area contributed by atoms with Crippen LogP contribution in [-0.4, -0.2) is 70.0 Å². The molecule has 71 heavy (non-hydrogen) atoms. The van der Waals surface area contributed by atoms with Crippen LogP contribution in [0.5, 0.6) is 0 Å². The molecule has 0 amide bonds. The van der Waals surface area contributed by atoms with Crippen LogP contribution in [0, 0.1) is 100 Å². The van der Waals surface area contributed by atoms with Crippen molar-refractivity contribution in [2.75, 3.05) is 13.2 Å². The third-order valence-electron chi connectivity index (χ3n) is 26.8. The minimum atomic E-state index is -1.02. The molecule has 8 nitrogen and oxygen atoms in total. The number of fused-ring (bicyclic) bond motifs is 14. The molecule has 0 saturated heterocycles. The number of allylic oxidation sites excluding steroid dienone is 4. The Bertz CT molecular complexity index is 2070. The van der Waals surface area contributed by atoms with Crippen molar-refractivity contribution < 1.29 is 39.5 Å². The molecule has 4 N–H and O–H groups in total. The maximum atomic E-state index is 14.9. The lowest BCUT2D eigenvalue weighted by molar-refractivity contribution is -0.221. The molecule has 400 valence electrons. The van der Waals surface area contributed by atoms with Crippen molar-refractivity contribution in [1.82, 2.24) is 0 Å². The van der Waals surface area contributed by atoms with Gasteiger partial charge in [-0.15, -0.1) is 0 Å². The first-order valence-corrected chi connectivity index (χ1v) is 29.3. The Labute approximate surface area is 430 Å². The number of rotatable bonds is 6. The summed E-state index contributed by atoms with van der Waals surface area (Å²) in [5.74, 6) is 0.905. The highest BCUT2D eigenvalue weighted by Gasteiger charge is 2.74. The highest BCUT2D eigenvalue weighted by atomic mass is 16.5. The largest absolute Gasteiger partial charge is 0.465 e. The molecule has 8 saturated carbocycles. The van der Waals surface area contributed by atoms with Crippen LogP contribution in [0.25, 0.3) is 0 Å². The van der Waals surface area contributed by atoms with Crippen molar-refractivity contribution in [3.8, 4) is 0 Å². The molecule has 2 unspecified atom stereocenters. The molecule has 0 aromatic carbocycles.